The van der Waals surface area contributed by atoms with Crippen LogP contribution in [0, 0.1) is 18.6 Å². The van der Waals surface area contributed by atoms with Crippen molar-refractivity contribution in [1.29, 1.82) is 0 Å². The lowest BCUT2D eigenvalue weighted by molar-refractivity contribution is 0.0145. The van der Waals surface area contributed by atoms with Crippen LogP contribution in [0.1, 0.15) is 28.5 Å². The number of pyridine rings is 1. The number of carbonyl (C=O) groups excluding carboxylic acids is 1. The van der Waals surface area contributed by atoms with E-state index in [1.807, 2.05) is 6.92 Å². The normalized spacial score (nSPS) is 10.8. The van der Waals surface area contributed by atoms with Crippen molar-refractivity contribution in [3.8, 4) is 0 Å². The number of anilines is 2. The maximum absolute atomic E-state index is 15.3. The average molecular weight is 416 g/mol. The molecule has 0 radical (unpaired) electrons. The summed E-state index contributed by atoms with van der Waals surface area (Å²) in [4.78, 5) is 21.9. The summed E-state index contributed by atoms with van der Waals surface area (Å²) in [6.45, 7) is 7.26. The van der Waals surface area contributed by atoms with E-state index in [2.05, 4.69) is 22.4 Å². The molecule has 158 valence electrons. The highest BCUT2D eigenvalue weighted by atomic mass is 19.1. The predicted molar refractivity (Wildman–Crippen MR) is 109 cm³/mol. The summed E-state index contributed by atoms with van der Waals surface area (Å²) < 4.78 is 36.0. The van der Waals surface area contributed by atoms with Crippen LogP contribution < -0.4 is 10.8 Å². The van der Waals surface area contributed by atoms with E-state index in [9.17, 15) is 9.18 Å². The molecule has 7 nitrogen and oxygen atoms in total. The van der Waals surface area contributed by atoms with Gasteiger partial charge in [-0.3, -0.25) is 9.63 Å². The smallest absolute Gasteiger partial charge is 0.278 e. The SMILES string of the molecule is C=COCCONC(=O)c1cn2c(CC)cnc2c(F)c1Nc1ccc(C)cc1F. The first-order valence-corrected chi connectivity index (χ1v) is 9.32. The summed E-state index contributed by atoms with van der Waals surface area (Å²) in [6.07, 6.45) is 4.80. The molecule has 0 saturated carbocycles. The topological polar surface area (TPSA) is 76.9 Å². The Morgan fingerprint density at radius 1 is 1.33 bits per heavy atom. The number of amides is 1. The number of benzene rings is 1. The van der Waals surface area contributed by atoms with Crippen LogP contribution in [0.3, 0.4) is 0 Å². The fourth-order valence-corrected chi connectivity index (χ4v) is 2.88. The number of aromatic nitrogens is 2. The third-order valence-corrected chi connectivity index (χ3v) is 4.39. The highest BCUT2D eigenvalue weighted by Crippen LogP contribution is 2.29. The molecule has 2 N–H and O–H groups in total. The summed E-state index contributed by atoms with van der Waals surface area (Å²) >= 11 is 0. The minimum atomic E-state index is -0.780. The van der Waals surface area contributed by atoms with Crippen LogP contribution in [-0.4, -0.2) is 28.5 Å². The van der Waals surface area contributed by atoms with Gasteiger partial charge in [-0.2, -0.15) is 0 Å². The van der Waals surface area contributed by atoms with Crippen molar-refractivity contribution >= 4 is 22.9 Å². The molecular formula is C21H22F2N4O3. The van der Waals surface area contributed by atoms with Gasteiger partial charge in [-0.25, -0.2) is 19.2 Å². The van der Waals surface area contributed by atoms with Crippen molar-refractivity contribution in [2.24, 2.45) is 0 Å². The number of nitrogens with zero attached hydrogens (tertiary/aromatic N) is 2. The number of nitrogens with one attached hydrogen (secondary N) is 2. The van der Waals surface area contributed by atoms with Crippen LogP contribution in [0.5, 0.6) is 0 Å². The number of hydrogen-bond donors (Lipinski definition) is 2. The minimum absolute atomic E-state index is 0.0266. The molecule has 0 spiro atoms. The number of imidazole rings is 1. The zero-order chi connectivity index (χ0) is 21.7. The van der Waals surface area contributed by atoms with Crippen LogP contribution in [0.4, 0.5) is 20.2 Å². The zero-order valence-electron chi connectivity index (χ0n) is 16.7. The molecule has 9 heteroatoms. The van der Waals surface area contributed by atoms with Gasteiger partial charge in [-0.15, -0.1) is 0 Å². The Labute approximate surface area is 172 Å². The van der Waals surface area contributed by atoms with Gasteiger partial charge in [-0.05, 0) is 31.0 Å². The maximum Gasteiger partial charge on any atom is 0.278 e. The molecule has 0 atom stereocenters. The Hall–Kier alpha value is -3.46. The molecule has 1 amide bonds. The van der Waals surface area contributed by atoms with Crippen molar-refractivity contribution in [2.45, 2.75) is 20.3 Å². The molecular weight excluding hydrogens is 394 g/mol. The van der Waals surface area contributed by atoms with E-state index in [4.69, 9.17) is 9.57 Å². The summed E-state index contributed by atoms with van der Waals surface area (Å²) in [7, 11) is 0. The molecule has 1 aromatic carbocycles. The van der Waals surface area contributed by atoms with Gasteiger partial charge in [0.1, 0.15) is 19.0 Å². The molecule has 0 aliphatic heterocycles. The lowest BCUT2D eigenvalue weighted by Gasteiger charge is -2.15. The summed E-state index contributed by atoms with van der Waals surface area (Å²) in [6, 6.07) is 4.46. The van der Waals surface area contributed by atoms with Crippen molar-refractivity contribution < 1.29 is 23.1 Å². The first kappa shape index (κ1) is 21.3. The van der Waals surface area contributed by atoms with Crippen LogP contribution in [0.2, 0.25) is 0 Å². The zero-order valence-corrected chi connectivity index (χ0v) is 16.7. The second-order valence-corrected chi connectivity index (χ2v) is 6.45. The average Bonchev–Trinajstić information content (AvgIpc) is 3.14. The molecule has 30 heavy (non-hydrogen) atoms. The number of hydrogen-bond acceptors (Lipinski definition) is 5. The van der Waals surface area contributed by atoms with E-state index in [1.165, 1.54) is 35.2 Å². The van der Waals surface area contributed by atoms with E-state index in [-0.39, 0.29) is 35.8 Å². The van der Waals surface area contributed by atoms with Gasteiger partial charge in [0.25, 0.3) is 5.91 Å². The predicted octanol–water partition coefficient (Wildman–Crippen LogP) is 4.05. The summed E-state index contributed by atoms with van der Waals surface area (Å²) in [5.74, 6) is -2.06. The monoisotopic (exact) mass is 416 g/mol. The number of halogens is 2. The quantitative estimate of drug-likeness (QED) is 0.313. The van der Waals surface area contributed by atoms with Crippen molar-refractivity contribution in [3.05, 3.63) is 71.9 Å². The second-order valence-electron chi connectivity index (χ2n) is 6.45. The molecule has 0 saturated heterocycles. The van der Waals surface area contributed by atoms with E-state index < -0.39 is 17.5 Å². The molecule has 0 aliphatic carbocycles. The number of ether oxygens (including phenoxy) is 1. The Kier molecular flexibility index (Phi) is 6.63. The van der Waals surface area contributed by atoms with Crippen LogP contribution >= 0.6 is 0 Å². The van der Waals surface area contributed by atoms with Crippen LogP contribution in [-0.2, 0) is 16.0 Å². The van der Waals surface area contributed by atoms with Gasteiger partial charge in [0.2, 0.25) is 0 Å². The molecule has 2 aromatic heterocycles. The Morgan fingerprint density at radius 3 is 2.83 bits per heavy atom. The number of hydroxylamine groups is 1. The van der Waals surface area contributed by atoms with Gasteiger partial charge in [0.05, 0.1) is 23.2 Å². The van der Waals surface area contributed by atoms with Gasteiger partial charge < -0.3 is 14.5 Å². The first-order valence-electron chi connectivity index (χ1n) is 9.32. The van der Waals surface area contributed by atoms with Crippen molar-refractivity contribution in [2.75, 3.05) is 18.5 Å². The number of carbonyl (C=O) groups is 1. The van der Waals surface area contributed by atoms with Gasteiger partial charge in [0.15, 0.2) is 11.5 Å². The van der Waals surface area contributed by atoms with Crippen molar-refractivity contribution in [1.82, 2.24) is 14.9 Å². The van der Waals surface area contributed by atoms with Crippen LogP contribution in [0.25, 0.3) is 5.65 Å². The number of aryl methyl sites for hydroxylation is 2. The lowest BCUT2D eigenvalue weighted by Crippen LogP contribution is -2.27. The van der Waals surface area contributed by atoms with Gasteiger partial charge in [-0.1, -0.05) is 19.6 Å². The Balaban J connectivity index is 2.00. The third-order valence-electron chi connectivity index (χ3n) is 4.39. The van der Waals surface area contributed by atoms with Crippen LogP contribution in [0.15, 0.2) is 43.4 Å². The van der Waals surface area contributed by atoms with E-state index in [0.717, 1.165) is 0 Å². The van der Waals surface area contributed by atoms with E-state index >= 15 is 4.39 Å². The Bertz CT molecular complexity index is 1080. The molecule has 0 unspecified atom stereocenters. The summed E-state index contributed by atoms with van der Waals surface area (Å²) in [5, 5.41) is 2.69. The summed E-state index contributed by atoms with van der Waals surface area (Å²) in [5.41, 5.74) is 3.44. The molecule has 0 bridgehead atoms. The standard InChI is InChI=1S/C21H22F2N4O3/c1-4-14-11-24-20-18(23)19(25-17-7-6-13(3)10-16(17)22)15(12-27(14)20)21(28)26-30-9-8-29-5-2/h5-7,10-12,25H,2,4,8-9H2,1,3H3,(H,26,28). The highest BCUT2D eigenvalue weighted by Gasteiger charge is 2.22. The van der Waals surface area contributed by atoms with Gasteiger partial charge in [0, 0.05) is 18.1 Å². The minimum Gasteiger partial charge on any atom is -0.499 e. The number of rotatable bonds is 9. The molecule has 2 heterocycles. The molecule has 3 aromatic rings. The van der Waals surface area contributed by atoms with E-state index in [0.29, 0.717) is 17.7 Å². The fourth-order valence-electron chi connectivity index (χ4n) is 2.88. The fraction of sp³-hybridized carbons (Fsp3) is 0.238. The molecule has 0 aliphatic rings. The molecule has 3 rings (SSSR count). The number of fused-ring (bicyclic) bond motifs is 1. The molecule has 0 fully saturated rings. The largest absolute Gasteiger partial charge is 0.499 e. The maximum atomic E-state index is 15.3. The van der Waals surface area contributed by atoms with Crippen molar-refractivity contribution in [3.63, 3.8) is 0 Å². The Morgan fingerprint density at radius 2 is 2.13 bits per heavy atom. The lowest BCUT2D eigenvalue weighted by atomic mass is 10.1. The van der Waals surface area contributed by atoms with Gasteiger partial charge >= 0.3 is 0 Å². The first-order chi connectivity index (χ1) is 14.5. The third kappa shape index (κ3) is 4.41. The van der Waals surface area contributed by atoms with E-state index in [1.54, 1.807) is 13.0 Å². The highest BCUT2D eigenvalue weighted by molar-refractivity contribution is 6.00. The second kappa shape index (κ2) is 9.36.